The number of carboxylic acids is 1. The Balaban J connectivity index is 1.27. The molecular formula is C30H38N2O5. The topological polar surface area (TPSA) is 92.1 Å². The Labute approximate surface area is 219 Å². The number of piperidine rings is 1. The quantitative estimate of drug-likeness (QED) is 0.330. The van der Waals surface area contributed by atoms with E-state index in [4.69, 9.17) is 9.47 Å². The molecule has 4 rings (SSSR count). The lowest BCUT2D eigenvalue weighted by Gasteiger charge is -2.37. The predicted octanol–water partition coefficient (Wildman–Crippen LogP) is 5.11. The summed E-state index contributed by atoms with van der Waals surface area (Å²) in [5, 5.41) is 21.8. The van der Waals surface area contributed by atoms with Gasteiger partial charge in [-0.15, -0.1) is 0 Å². The fourth-order valence-corrected chi connectivity index (χ4v) is 5.44. The van der Waals surface area contributed by atoms with E-state index in [0.29, 0.717) is 19.4 Å². The molecule has 2 N–H and O–H groups in total. The molecule has 1 aliphatic rings. The third kappa shape index (κ3) is 6.99. The van der Waals surface area contributed by atoms with Gasteiger partial charge in [0.05, 0.1) is 31.8 Å². The number of rotatable bonds is 12. The van der Waals surface area contributed by atoms with Crippen molar-refractivity contribution in [3.05, 3.63) is 65.9 Å². The Bertz CT molecular complexity index is 1170. The lowest BCUT2D eigenvalue weighted by Crippen LogP contribution is -2.44. The van der Waals surface area contributed by atoms with Crippen LogP contribution in [0.25, 0.3) is 10.9 Å². The number of aliphatic hydroxyl groups excluding tert-OH is 1. The van der Waals surface area contributed by atoms with Gasteiger partial charge in [0.15, 0.2) is 0 Å². The Morgan fingerprint density at radius 3 is 2.57 bits per heavy atom. The van der Waals surface area contributed by atoms with Crippen LogP contribution in [-0.2, 0) is 11.2 Å². The standard InChI is InChI=1S/C30H38N2O5/c1-36-23-9-6-21(7-10-23)5-3-4-17-32-18-15-22(27(20-32)30(34)35)8-13-29(33)25-14-16-31-28-12-11-24(37-2)19-26(25)28/h6-7,9-12,14,16,19,22,27,29,33H,3-5,8,13,15,17-18,20H2,1-2H3,(H,34,35)/t22-,27+,29-/m1/s1. The van der Waals surface area contributed by atoms with Crippen molar-refractivity contribution >= 4 is 16.9 Å². The third-order valence-electron chi connectivity index (χ3n) is 7.66. The third-order valence-corrected chi connectivity index (χ3v) is 7.66. The molecule has 7 heteroatoms. The molecule has 37 heavy (non-hydrogen) atoms. The number of aliphatic carboxylic acids is 1. The largest absolute Gasteiger partial charge is 0.497 e. The number of carbonyl (C=O) groups is 1. The van der Waals surface area contributed by atoms with Gasteiger partial charge in [0.1, 0.15) is 11.5 Å². The minimum atomic E-state index is -0.735. The number of nitrogens with zero attached hydrogens (tertiary/aromatic N) is 2. The molecule has 0 aliphatic carbocycles. The van der Waals surface area contributed by atoms with Crippen molar-refractivity contribution in [2.75, 3.05) is 33.9 Å². The molecule has 0 radical (unpaired) electrons. The van der Waals surface area contributed by atoms with Crippen LogP contribution in [0.2, 0.25) is 0 Å². The lowest BCUT2D eigenvalue weighted by atomic mass is 9.81. The minimum Gasteiger partial charge on any atom is -0.497 e. The molecule has 2 heterocycles. The molecule has 0 saturated carbocycles. The monoisotopic (exact) mass is 506 g/mol. The van der Waals surface area contributed by atoms with E-state index < -0.39 is 18.0 Å². The number of benzene rings is 2. The van der Waals surface area contributed by atoms with Crippen LogP contribution in [0.5, 0.6) is 11.5 Å². The highest BCUT2D eigenvalue weighted by Crippen LogP contribution is 2.34. The van der Waals surface area contributed by atoms with Gasteiger partial charge in [0.25, 0.3) is 0 Å². The number of aromatic nitrogens is 1. The van der Waals surface area contributed by atoms with Crippen LogP contribution in [0.4, 0.5) is 0 Å². The smallest absolute Gasteiger partial charge is 0.308 e. The van der Waals surface area contributed by atoms with Gasteiger partial charge in [-0.05, 0) is 105 Å². The molecule has 3 aromatic rings. The van der Waals surface area contributed by atoms with Crippen molar-refractivity contribution in [2.45, 2.75) is 44.6 Å². The van der Waals surface area contributed by atoms with Crippen molar-refractivity contribution < 1.29 is 24.5 Å². The summed E-state index contributed by atoms with van der Waals surface area (Å²) in [7, 11) is 3.29. The zero-order chi connectivity index (χ0) is 26.2. The molecule has 0 spiro atoms. The Morgan fingerprint density at radius 2 is 1.84 bits per heavy atom. The van der Waals surface area contributed by atoms with Crippen LogP contribution in [0.3, 0.4) is 0 Å². The molecule has 198 valence electrons. The number of aryl methyl sites for hydroxylation is 1. The maximum Gasteiger partial charge on any atom is 0.308 e. The number of hydrogen-bond donors (Lipinski definition) is 2. The first-order chi connectivity index (χ1) is 18.0. The number of carboxylic acid groups (broad SMARTS) is 1. The van der Waals surface area contributed by atoms with Crippen molar-refractivity contribution in [3.63, 3.8) is 0 Å². The van der Waals surface area contributed by atoms with Gasteiger partial charge in [0.2, 0.25) is 0 Å². The van der Waals surface area contributed by atoms with Gasteiger partial charge in [-0.2, -0.15) is 0 Å². The Hall–Kier alpha value is -3.16. The number of fused-ring (bicyclic) bond motifs is 1. The molecule has 0 unspecified atom stereocenters. The zero-order valence-corrected chi connectivity index (χ0v) is 21.8. The van der Waals surface area contributed by atoms with E-state index >= 15 is 0 Å². The number of pyridine rings is 1. The van der Waals surface area contributed by atoms with Gasteiger partial charge in [-0.3, -0.25) is 9.78 Å². The summed E-state index contributed by atoms with van der Waals surface area (Å²) in [6.07, 6.45) is 6.19. The molecule has 1 aromatic heterocycles. The molecule has 3 atom stereocenters. The fourth-order valence-electron chi connectivity index (χ4n) is 5.44. The van der Waals surface area contributed by atoms with Crippen LogP contribution in [0.15, 0.2) is 54.7 Å². The average molecular weight is 507 g/mol. The summed E-state index contributed by atoms with van der Waals surface area (Å²) < 4.78 is 10.6. The van der Waals surface area contributed by atoms with Crippen LogP contribution in [-0.4, -0.2) is 59.9 Å². The van der Waals surface area contributed by atoms with Gasteiger partial charge in [-0.25, -0.2) is 0 Å². The number of likely N-dealkylation sites (tertiary alicyclic amines) is 1. The fraction of sp³-hybridized carbons (Fsp3) is 0.467. The first-order valence-electron chi connectivity index (χ1n) is 13.2. The number of methoxy groups -OCH3 is 2. The summed E-state index contributed by atoms with van der Waals surface area (Å²) >= 11 is 0. The molecule has 1 fully saturated rings. The molecule has 1 aliphatic heterocycles. The average Bonchev–Trinajstić information content (AvgIpc) is 2.93. The van der Waals surface area contributed by atoms with Crippen LogP contribution >= 0.6 is 0 Å². The summed E-state index contributed by atoms with van der Waals surface area (Å²) in [4.78, 5) is 18.8. The zero-order valence-electron chi connectivity index (χ0n) is 21.8. The van der Waals surface area contributed by atoms with Crippen molar-refractivity contribution in [2.24, 2.45) is 11.8 Å². The summed E-state index contributed by atoms with van der Waals surface area (Å²) in [5.41, 5.74) is 2.91. The van der Waals surface area contributed by atoms with Crippen LogP contribution in [0.1, 0.15) is 49.3 Å². The van der Waals surface area contributed by atoms with Gasteiger partial charge >= 0.3 is 5.97 Å². The molecule has 1 saturated heterocycles. The number of ether oxygens (including phenoxy) is 2. The van der Waals surface area contributed by atoms with Crippen LogP contribution < -0.4 is 9.47 Å². The van der Waals surface area contributed by atoms with Crippen LogP contribution in [0, 0.1) is 11.8 Å². The Morgan fingerprint density at radius 1 is 1.08 bits per heavy atom. The van der Waals surface area contributed by atoms with Crippen molar-refractivity contribution in [1.29, 1.82) is 0 Å². The molecular weight excluding hydrogens is 468 g/mol. The second kappa shape index (κ2) is 12.9. The summed E-state index contributed by atoms with van der Waals surface area (Å²) in [6.45, 7) is 2.40. The van der Waals surface area contributed by atoms with E-state index in [0.717, 1.165) is 66.7 Å². The SMILES string of the molecule is COc1ccc(CCCCN2CC[C@@H](CC[C@@H](O)c3ccnc4ccc(OC)cc34)[C@@H](C(=O)O)C2)cc1. The molecule has 2 aromatic carbocycles. The maximum atomic E-state index is 12.1. The second-order valence-corrected chi connectivity index (χ2v) is 9.98. The van der Waals surface area contributed by atoms with Gasteiger partial charge < -0.3 is 24.6 Å². The number of aliphatic hydroxyl groups is 1. The van der Waals surface area contributed by atoms with E-state index in [2.05, 4.69) is 22.0 Å². The molecule has 0 bridgehead atoms. The van der Waals surface area contributed by atoms with E-state index in [1.54, 1.807) is 20.4 Å². The second-order valence-electron chi connectivity index (χ2n) is 9.98. The van der Waals surface area contributed by atoms with E-state index in [1.165, 1.54) is 5.56 Å². The van der Waals surface area contributed by atoms with Gasteiger partial charge in [0, 0.05) is 18.1 Å². The maximum absolute atomic E-state index is 12.1. The normalized spacial score (nSPS) is 19.0. The molecule has 0 amide bonds. The summed E-state index contributed by atoms with van der Waals surface area (Å²) in [5.74, 6) is 0.508. The highest BCUT2D eigenvalue weighted by Gasteiger charge is 2.34. The van der Waals surface area contributed by atoms with Crippen molar-refractivity contribution in [1.82, 2.24) is 9.88 Å². The summed E-state index contributed by atoms with van der Waals surface area (Å²) in [6, 6.07) is 15.7. The molecule has 7 nitrogen and oxygen atoms in total. The highest BCUT2D eigenvalue weighted by atomic mass is 16.5. The Kier molecular flexibility index (Phi) is 9.36. The predicted molar refractivity (Wildman–Crippen MR) is 144 cm³/mol. The first-order valence-corrected chi connectivity index (χ1v) is 13.2. The van der Waals surface area contributed by atoms with Gasteiger partial charge in [-0.1, -0.05) is 12.1 Å². The van der Waals surface area contributed by atoms with E-state index in [-0.39, 0.29) is 5.92 Å². The number of hydrogen-bond acceptors (Lipinski definition) is 6. The van der Waals surface area contributed by atoms with Crippen molar-refractivity contribution in [3.8, 4) is 11.5 Å². The van der Waals surface area contributed by atoms with E-state index in [9.17, 15) is 15.0 Å². The van der Waals surface area contributed by atoms with E-state index in [1.807, 2.05) is 36.4 Å². The minimum absolute atomic E-state index is 0.0605. The highest BCUT2D eigenvalue weighted by molar-refractivity contribution is 5.83. The lowest BCUT2D eigenvalue weighted by molar-refractivity contribution is -0.146. The first kappa shape index (κ1) is 26.9. The number of unbranched alkanes of at least 4 members (excludes halogenated alkanes) is 1.